The van der Waals surface area contributed by atoms with E-state index in [1.165, 1.54) is 18.2 Å². The molecule has 0 aliphatic heterocycles. The Hall–Kier alpha value is -1.26. The van der Waals surface area contributed by atoms with Gasteiger partial charge in [0.05, 0.1) is 11.2 Å². The molecular formula is C13H18ClNO3. The van der Waals surface area contributed by atoms with Crippen LogP contribution in [0, 0.1) is 0 Å². The summed E-state index contributed by atoms with van der Waals surface area (Å²) in [5.41, 5.74) is -0.284. The van der Waals surface area contributed by atoms with Gasteiger partial charge in [0.1, 0.15) is 5.75 Å². The standard InChI is InChI=1S/C13H18ClNO3/c1-4-18-13(2,3)8-15-12(17)10-7-9(14)5-6-11(10)16/h5-7,16H,4,8H2,1-3H3,(H,15,17). The molecule has 5 heteroatoms. The number of rotatable bonds is 5. The number of ether oxygens (including phenoxy) is 1. The molecule has 0 aromatic heterocycles. The third kappa shape index (κ3) is 4.20. The Morgan fingerprint density at radius 2 is 2.17 bits per heavy atom. The van der Waals surface area contributed by atoms with Crippen molar-refractivity contribution in [3.63, 3.8) is 0 Å². The van der Waals surface area contributed by atoms with Crippen LogP contribution in [0.5, 0.6) is 5.75 Å². The second-order valence-electron chi connectivity index (χ2n) is 4.54. The van der Waals surface area contributed by atoms with Crippen LogP contribution in [0.15, 0.2) is 18.2 Å². The predicted octanol–water partition coefficient (Wildman–Crippen LogP) is 2.59. The number of hydrogen-bond donors (Lipinski definition) is 2. The van der Waals surface area contributed by atoms with Crippen molar-refractivity contribution < 1.29 is 14.6 Å². The van der Waals surface area contributed by atoms with Crippen LogP contribution in [-0.4, -0.2) is 29.8 Å². The van der Waals surface area contributed by atoms with Crippen LogP contribution in [0.25, 0.3) is 0 Å². The average Bonchev–Trinajstić information content (AvgIpc) is 2.29. The average molecular weight is 272 g/mol. The zero-order valence-corrected chi connectivity index (χ0v) is 11.5. The molecule has 1 rings (SSSR count). The molecule has 100 valence electrons. The number of amides is 1. The lowest BCUT2D eigenvalue weighted by Crippen LogP contribution is -2.40. The van der Waals surface area contributed by atoms with Crippen LogP contribution in [0.2, 0.25) is 5.02 Å². The Morgan fingerprint density at radius 3 is 2.78 bits per heavy atom. The van der Waals surface area contributed by atoms with E-state index < -0.39 is 5.60 Å². The van der Waals surface area contributed by atoms with Gasteiger partial charge in [-0.05, 0) is 39.0 Å². The van der Waals surface area contributed by atoms with Crippen molar-refractivity contribution >= 4 is 17.5 Å². The fraction of sp³-hybridized carbons (Fsp3) is 0.462. The molecule has 0 spiro atoms. The minimum absolute atomic E-state index is 0.0916. The number of phenolic OH excluding ortho intramolecular Hbond substituents is 1. The fourth-order valence-corrected chi connectivity index (χ4v) is 1.69. The molecule has 1 aromatic carbocycles. The van der Waals surface area contributed by atoms with Crippen LogP contribution < -0.4 is 5.32 Å². The predicted molar refractivity (Wildman–Crippen MR) is 71.2 cm³/mol. The van der Waals surface area contributed by atoms with Gasteiger partial charge in [-0.25, -0.2) is 0 Å². The topological polar surface area (TPSA) is 58.6 Å². The van der Waals surface area contributed by atoms with Crippen molar-refractivity contribution in [2.45, 2.75) is 26.4 Å². The molecule has 0 saturated carbocycles. The van der Waals surface area contributed by atoms with Crippen molar-refractivity contribution in [1.29, 1.82) is 0 Å². The molecule has 0 radical (unpaired) electrons. The maximum absolute atomic E-state index is 11.9. The molecule has 1 aromatic rings. The number of phenols is 1. The number of halogens is 1. The second kappa shape index (κ2) is 6.07. The molecular weight excluding hydrogens is 254 g/mol. The molecule has 4 nitrogen and oxygen atoms in total. The van der Waals surface area contributed by atoms with E-state index in [0.717, 1.165) is 0 Å². The lowest BCUT2D eigenvalue weighted by atomic mass is 10.1. The number of nitrogens with one attached hydrogen (secondary N) is 1. The van der Waals surface area contributed by atoms with Gasteiger partial charge in [-0.2, -0.15) is 0 Å². The van der Waals surface area contributed by atoms with Crippen LogP contribution in [-0.2, 0) is 4.74 Å². The van der Waals surface area contributed by atoms with Gasteiger partial charge in [0, 0.05) is 18.2 Å². The summed E-state index contributed by atoms with van der Waals surface area (Å²) in [5, 5.41) is 12.7. The van der Waals surface area contributed by atoms with Crippen molar-refractivity contribution in [3.8, 4) is 5.75 Å². The van der Waals surface area contributed by atoms with Gasteiger partial charge in [0.2, 0.25) is 0 Å². The van der Waals surface area contributed by atoms with Crippen molar-refractivity contribution in [3.05, 3.63) is 28.8 Å². The van der Waals surface area contributed by atoms with E-state index in [1.54, 1.807) is 0 Å². The monoisotopic (exact) mass is 271 g/mol. The Balaban J connectivity index is 2.69. The first-order valence-electron chi connectivity index (χ1n) is 5.76. The molecule has 0 aliphatic carbocycles. The van der Waals surface area contributed by atoms with Crippen molar-refractivity contribution in [1.82, 2.24) is 5.32 Å². The SMILES string of the molecule is CCOC(C)(C)CNC(=O)c1cc(Cl)ccc1O. The molecule has 0 unspecified atom stereocenters. The van der Waals surface area contributed by atoms with E-state index in [1.807, 2.05) is 20.8 Å². The van der Waals surface area contributed by atoms with Gasteiger partial charge in [-0.1, -0.05) is 11.6 Å². The van der Waals surface area contributed by atoms with Crippen LogP contribution in [0.1, 0.15) is 31.1 Å². The highest BCUT2D eigenvalue weighted by Gasteiger charge is 2.20. The summed E-state index contributed by atoms with van der Waals surface area (Å²) < 4.78 is 5.47. The summed E-state index contributed by atoms with van der Waals surface area (Å²) >= 11 is 5.78. The van der Waals surface area contributed by atoms with Gasteiger partial charge in [0.25, 0.3) is 5.91 Å². The van der Waals surface area contributed by atoms with Crippen molar-refractivity contribution in [2.75, 3.05) is 13.2 Å². The smallest absolute Gasteiger partial charge is 0.255 e. The Bertz CT molecular complexity index is 432. The molecule has 0 heterocycles. The molecule has 1 amide bonds. The minimum atomic E-state index is -0.446. The number of carbonyl (C=O) groups is 1. The third-order valence-corrected chi connectivity index (χ3v) is 2.65. The van der Waals surface area contributed by atoms with E-state index in [0.29, 0.717) is 18.2 Å². The maximum atomic E-state index is 11.9. The molecule has 0 bridgehead atoms. The highest BCUT2D eigenvalue weighted by molar-refractivity contribution is 6.31. The maximum Gasteiger partial charge on any atom is 0.255 e. The lowest BCUT2D eigenvalue weighted by molar-refractivity contribution is -0.00817. The van der Waals surface area contributed by atoms with Crippen LogP contribution >= 0.6 is 11.6 Å². The normalized spacial score (nSPS) is 11.3. The molecule has 0 saturated heterocycles. The molecule has 2 N–H and O–H groups in total. The van der Waals surface area contributed by atoms with E-state index >= 15 is 0 Å². The van der Waals surface area contributed by atoms with Crippen molar-refractivity contribution in [2.24, 2.45) is 0 Å². The summed E-state index contributed by atoms with van der Waals surface area (Å²) in [6.07, 6.45) is 0. The molecule has 0 fully saturated rings. The highest BCUT2D eigenvalue weighted by Crippen LogP contribution is 2.21. The van der Waals surface area contributed by atoms with E-state index in [-0.39, 0.29) is 17.2 Å². The number of aromatic hydroxyl groups is 1. The number of hydrogen-bond acceptors (Lipinski definition) is 3. The Morgan fingerprint density at radius 1 is 1.50 bits per heavy atom. The van der Waals surface area contributed by atoms with Gasteiger partial charge >= 0.3 is 0 Å². The largest absolute Gasteiger partial charge is 0.507 e. The van der Waals surface area contributed by atoms with E-state index in [4.69, 9.17) is 16.3 Å². The minimum Gasteiger partial charge on any atom is -0.507 e. The Kier molecular flexibility index (Phi) is 4.99. The van der Waals surface area contributed by atoms with E-state index in [2.05, 4.69) is 5.32 Å². The summed E-state index contributed by atoms with van der Waals surface area (Å²) in [5.74, 6) is -0.464. The number of benzene rings is 1. The summed E-state index contributed by atoms with van der Waals surface area (Å²) in [6, 6.07) is 4.35. The zero-order valence-electron chi connectivity index (χ0n) is 10.8. The summed E-state index contributed by atoms with van der Waals surface area (Å²) in [6.45, 7) is 6.59. The van der Waals surface area contributed by atoms with Gasteiger partial charge in [0.15, 0.2) is 0 Å². The highest BCUT2D eigenvalue weighted by atomic mass is 35.5. The van der Waals surface area contributed by atoms with E-state index in [9.17, 15) is 9.90 Å². The van der Waals surface area contributed by atoms with Gasteiger partial charge < -0.3 is 15.2 Å². The fourth-order valence-electron chi connectivity index (χ4n) is 1.52. The quantitative estimate of drug-likeness (QED) is 0.865. The third-order valence-electron chi connectivity index (χ3n) is 2.41. The molecule has 0 aliphatic rings. The number of carbonyl (C=O) groups excluding carboxylic acids is 1. The summed E-state index contributed by atoms with van der Waals surface area (Å²) in [7, 11) is 0. The summed E-state index contributed by atoms with van der Waals surface area (Å²) in [4.78, 5) is 11.9. The molecule has 18 heavy (non-hydrogen) atoms. The van der Waals surface area contributed by atoms with Gasteiger partial charge in [-0.15, -0.1) is 0 Å². The van der Waals surface area contributed by atoms with Gasteiger partial charge in [-0.3, -0.25) is 4.79 Å². The lowest BCUT2D eigenvalue weighted by Gasteiger charge is -2.24. The first-order valence-corrected chi connectivity index (χ1v) is 6.14. The Labute approximate surface area is 112 Å². The zero-order chi connectivity index (χ0) is 13.8. The first-order chi connectivity index (χ1) is 8.35. The first kappa shape index (κ1) is 14.8. The molecule has 0 atom stereocenters. The second-order valence-corrected chi connectivity index (χ2v) is 4.97. The van der Waals surface area contributed by atoms with Crippen LogP contribution in [0.4, 0.5) is 0 Å². The van der Waals surface area contributed by atoms with Crippen LogP contribution in [0.3, 0.4) is 0 Å².